The molecule has 0 radical (unpaired) electrons. The van der Waals surface area contributed by atoms with Gasteiger partial charge in [-0.15, -0.1) is 0 Å². The first kappa shape index (κ1) is 19.1. The standard InChI is InChI=1S/C22H25N3O4/c26-21(23-14-18-15-28-19-8-4-5-9-20(19)29-18)16-10-12-25(13-11-16)22(27)24-17-6-2-1-3-7-17/h1-9,16,18H,10-15H2,(H,23,26)(H,24,27)/t18-/m1/s1. The fourth-order valence-electron chi connectivity index (χ4n) is 3.59. The van der Waals surface area contributed by atoms with Crippen molar-refractivity contribution in [1.29, 1.82) is 0 Å². The Morgan fingerprint density at radius 1 is 0.966 bits per heavy atom. The number of likely N-dealkylation sites (tertiary alicyclic amines) is 1. The van der Waals surface area contributed by atoms with Crippen molar-refractivity contribution in [3.05, 3.63) is 54.6 Å². The number of anilines is 1. The summed E-state index contributed by atoms with van der Waals surface area (Å²) in [5, 5.41) is 5.86. The molecule has 1 atom stereocenters. The number of benzene rings is 2. The molecule has 1 saturated heterocycles. The zero-order valence-electron chi connectivity index (χ0n) is 16.2. The maximum absolute atomic E-state index is 12.5. The monoisotopic (exact) mass is 395 g/mol. The lowest BCUT2D eigenvalue weighted by atomic mass is 9.96. The van der Waals surface area contributed by atoms with Crippen LogP contribution in [0.3, 0.4) is 0 Å². The highest BCUT2D eigenvalue weighted by atomic mass is 16.6. The van der Waals surface area contributed by atoms with E-state index in [-0.39, 0.29) is 24.0 Å². The predicted octanol–water partition coefficient (Wildman–Crippen LogP) is 2.89. The molecule has 29 heavy (non-hydrogen) atoms. The molecule has 0 unspecified atom stereocenters. The van der Waals surface area contributed by atoms with Crippen LogP contribution in [-0.2, 0) is 4.79 Å². The number of carbonyl (C=O) groups is 2. The molecule has 0 spiro atoms. The van der Waals surface area contributed by atoms with Gasteiger partial charge in [-0.25, -0.2) is 4.79 Å². The minimum Gasteiger partial charge on any atom is -0.486 e. The number of nitrogens with one attached hydrogen (secondary N) is 2. The lowest BCUT2D eigenvalue weighted by Gasteiger charge is -2.32. The van der Waals surface area contributed by atoms with Gasteiger partial charge in [-0.1, -0.05) is 30.3 Å². The van der Waals surface area contributed by atoms with Gasteiger partial charge in [-0.3, -0.25) is 4.79 Å². The molecule has 4 rings (SSSR count). The Bertz CT molecular complexity index is 850. The van der Waals surface area contributed by atoms with Crippen LogP contribution in [0.5, 0.6) is 11.5 Å². The highest BCUT2D eigenvalue weighted by Crippen LogP contribution is 2.30. The number of nitrogens with zero attached hydrogens (tertiary/aromatic N) is 1. The Kier molecular flexibility index (Phi) is 5.84. The number of hydrogen-bond acceptors (Lipinski definition) is 4. The van der Waals surface area contributed by atoms with E-state index in [1.807, 2.05) is 54.6 Å². The molecule has 2 aromatic rings. The normalized spacial score (nSPS) is 18.8. The molecule has 152 valence electrons. The Hall–Kier alpha value is -3.22. The van der Waals surface area contributed by atoms with Crippen molar-refractivity contribution < 1.29 is 19.1 Å². The summed E-state index contributed by atoms with van der Waals surface area (Å²) in [5.41, 5.74) is 0.772. The molecule has 2 aliphatic heterocycles. The van der Waals surface area contributed by atoms with Crippen molar-refractivity contribution in [2.75, 3.05) is 31.6 Å². The number of rotatable bonds is 4. The van der Waals surface area contributed by atoms with E-state index < -0.39 is 0 Å². The number of piperidine rings is 1. The van der Waals surface area contributed by atoms with Crippen LogP contribution in [0.15, 0.2) is 54.6 Å². The molecule has 2 aromatic carbocycles. The van der Waals surface area contributed by atoms with E-state index in [1.165, 1.54) is 0 Å². The lowest BCUT2D eigenvalue weighted by Crippen LogP contribution is -2.47. The highest BCUT2D eigenvalue weighted by molar-refractivity contribution is 5.89. The molecule has 3 amide bonds. The molecule has 1 fully saturated rings. The summed E-state index contributed by atoms with van der Waals surface area (Å²) in [6, 6.07) is 16.8. The first-order chi connectivity index (χ1) is 14.2. The summed E-state index contributed by atoms with van der Waals surface area (Å²) >= 11 is 0. The van der Waals surface area contributed by atoms with Crippen molar-refractivity contribution in [3.63, 3.8) is 0 Å². The smallest absolute Gasteiger partial charge is 0.321 e. The fourth-order valence-corrected chi connectivity index (χ4v) is 3.59. The SMILES string of the molecule is O=C(NC[C@@H]1COc2ccccc2O1)C1CCN(C(=O)Nc2ccccc2)CC1. The Morgan fingerprint density at radius 3 is 2.41 bits per heavy atom. The van der Waals surface area contributed by atoms with Crippen LogP contribution in [0.4, 0.5) is 10.5 Å². The van der Waals surface area contributed by atoms with Gasteiger partial charge in [0.15, 0.2) is 11.5 Å². The maximum Gasteiger partial charge on any atom is 0.321 e. The van der Waals surface area contributed by atoms with Crippen LogP contribution in [0.2, 0.25) is 0 Å². The van der Waals surface area contributed by atoms with Crippen molar-refractivity contribution >= 4 is 17.6 Å². The summed E-state index contributed by atoms with van der Waals surface area (Å²) in [4.78, 5) is 26.6. The number of para-hydroxylation sites is 3. The van der Waals surface area contributed by atoms with Crippen molar-refractivity contribution in [1.82, 2.24) is 10.2 Å². The van der Waals surface area contributed by atoms with Gasteiger partial charge in [-0.2, -0.15) is 0 Å². The molecule has 0 saturated carbocycles. The number of hydrogen-bond donors (Lipinski definition) is 2. The lowest BCUT2D eigenvalue weighted by molar-refractivity contribution is -0.126. The van der Waals surface area contributed by atoms with Crippen LogP contribution < -0.4 is 20.1 Å². The average molecular weight is 395 g/mol. The van der Waals surface area contributed by atoms with E-state index in [0.29, 0.717) is 44.8 Å². The molecule has 7 nitrogen and oxygen atoms in total. The molecule has 2 aliphatic rings. The van der Waals surface area contributed by atoms with Crippen LogP contribution in [0, 0.1) is 5.92 Å². The minimum atomic E-state index is -0.203. The van der Waals surface area contributed by atoms with Gasteiger partial charge in [-0.05, 0) is 37.1 Å². The Labute approximate surface area is 170 Å². The van der Waals surface area contributed by atoms with Crippen LogP contribution in [0.25, 0.3) is 0 Å². The van der Waals surface area contributed by atoms with Gasteiger partial charge in [0.05, 0.1) is 6.54 Å². The molecule has 0 bridgehead atoms. The second-order valence-corrected chi connectivity index (χ2v) is 7.30. The number of fused-ring (bicyclic) bond motifs is 1. The zero-order valence-corrected chi connectivity index (χ0v) is 16.2. The largest absolute Gasteiger partial charge is 0.486 e. The van der Waals surface area contributed by atoms with E-state index in [0.717, 1.165) is 11.4 Å². The van der Waals surface area contributed by atoms with Crippen LogP contribution in [0.1, 0.15) is 12.8 Å². The maximum atomic E-state index is 12.5. The quantitative estimate of drug-likeness (QED) is 0.834. The summed E-state index contributed by atoms with van der Waals surface area (Å²) in [7, 11) is 0. The number of carbonyl (C=O) groups excluding carboxylic acids is 2. The molecule has 2 heterocycles. The van der Waals surface area contributed by atoms with Crippen LogP contribution >= 0.6 is 0 Å². The third kappa shape index (κ3) is 4.80. The summed E-state index contributed by atoms with van der Waals surface area (Å²) in [6.45, 7) is 1.94. The number of ether oxygens (including phenoxy) is 2. The van der Waals surface area contributed by atoms with E-state index in [9.17, 15) is 9.59 Å². The summed E-state index contributed by atoms with van der Waals surface area (Å²) in [6.07, 6.45) is 1.10. The summed E-state index contributed by atoms with van der Waals surface area (Å²) in [5.74, 6) is 1.36. The molecule has 0 aliphatic carbocycles. The third-order valence-electron chi connectivity index (χ3n) is 5.25. The van der Waals surface area contributed by atoms with Gasteiger partial charge >= 0.3 is 6.03 Å². The Morgan fingerprint density at radius 2 is 1.66 bits per heavy atom. The van der Waals surface area contributed by atoms with Gasteiger partial charge < -0.3 is 25.0 Å². The second-order valence-electron chi connectivity index (χ2n) is 7.30. The first-order valence-corrected chi connectivity index (χ1v) is 9.96. The second kappa shape index (κ2) is 8.86. The minimum absolute atomic E-state index is 0.00979. The predicted molar refractivity (Wildman–Crippen MR) is 109 cm³/mol. The summed E-state index contributed by atoms with van der Waals surface area (Å²) < 4.78 is 11.5. The molecule has 2 N–H and O–H groups in total. The number of urea groups is 1. The fraction of sp³-hybridized carbons (Fsp3) is 0.364. The topological polar surface area (TPSA) is 79.9 Å². The van der Waals surface area contributed by atoms with Crippen molar-refractivity contribution in [2.45, 2.75) is 18.9 Å². The van der Waals surface area contributed by atoms with Crippen LogP contribution in [-0.4, -0.2) is 49.2 Å². The zero-order chi connectivity index (χ0) is 20.1. The van der Waals surface area contributed by atoms with Crippen molar-refractivity contribution in [3.8, 4) is 11.5 Å². The van der Waals surface area contributed by atoms with Gasteiger partial charge in [0, 0.05) is 24.7 Å². The molecule has 7 heteroatoms. The van der Waals surface area contributed by atoms with E-state index >= 15 is 0 Å². The number of amides is 3. The van der Waals surface area contributed by atoms with Crippen molar-refractivity contribution in [2.24, 2.45) is 5.92 Å². The third-order valence-corrected chi connectivity index (χ3v) is 5.25. The first-order valence-electron chi connectivity index (χ1n) is 9.96. The van der Waals surface area contributed by atoms with Gasteiger partial charge in [0.25, 0.3) is 0 Å². The molecular formula is C22H25N3O4. The van der Waals surface area contributed by atoms with Gasteiger partial charge in [0.1, 0.15) is 12.7 Å². The van der Waals surface area contributed by atoms with E-state index in [4.69, 9.17) is 9.47 Å². The van der Waals surface area contributed by atoms with Gasteiger partial charge in [0.2, 0.25) is 5.91 Å². The van der Waals surface area contributed by atoms with E-state index in [2.05, 4.69) is 10.6 Å². The highest BCUT2D eigenvalue weighted by Gasteiger charge is 2.28. The molecular weight excluding hydrogens is 370 g/mol. The molecule has 0 aromatic heterocycles. The Balaban J connectivity index is 1.20. The van der Waals surface area contributed by atoms with E-state index in [1.54, 1.807) is 4.90 Å². The average Bonchev–Trinajstić information content (AvgIpc) is 2.78.